The molecule has 1 aliphatic heterocycles. The predicted molar refractivity (Wildman–Crippen MR) is 144 cm³/mol. The van der Waals surface area contributed by atoms with Crippen LogP contribution in [0.25, 0.3) is 27.3 Å². The van der Waals surface area contributed by atoms with E-state index >= 15 is 4.39 Å². The number of benzene rings is 1. The molecule has 9 nitrogen and oxygen atoms in total. The van der Waals surface area contributed by atoms with Gasteiger partial charge in [-0.05, 0) is 40.7 Å². The first-order valence-electron chi connectivity index (χ1n) is 12.3. The summed E-state index contributed by atoms with van der Waals surface area (Å²) >= 11 is 1.25. The van der Waals surface area contributed by atoms with Crippen LogP contribution in [0.2, 0.25) is 0 Å². The number of aryl methyl sites for hydroxylation is 1. The van der Waals surface area contributed by atoms with E-state index in [1.54, 1.807) is 34.6 Å². The van der Waals surface area contributed by atoms with Crippen LogP contribution in [0.4, 0.5) is 15.0 Å². The Balaban J connectivity index is 1.61. The number of piperazine rings is 1. The zero-order chi connectivity index (χ0) is 27.2. The lowest BCUT2D eigenvalue weighted by atomic mass is 10.0. The number of anilines is 1. The number of ether oxygens (including phenoxy) is 1. The average Bonchev–Trinajstić information content (AvgIpc) is 3.43. The topological polar surface area (TPSA) is 100 Å². The van der Waals surface area contributed by atoms with Crippen LogP contribution in [0, 0.1) is 24.1 Å². The Hall–Kier alpha value is -4.04. The van der Waals surface area contributed by atoms with E-state index in [0.717, 1.165) is 0 Å². The summed E-state index contributed by atoms with van der Waals surface area (Å²) in [5, 5.41) is 10.7. The zero-order valence-corrected chi connectivity index (χ0v) is 22.7. The van der Waals surface area contributed by atoms with Crippen molar-refractivity contribution in [1.82, 2.24) is 24.4 Å². The molecule has 3 aromatic heterocycles. The molecule has 1 atom stereocenters. The molecule has 1 aliphatic rings. The maximum absolute atomic E-state index is 15.1. The van der Waals surface area contributed by atoms with Gasteiger partial charge in [-0.3, -0.25) is 4.57 Å². The summed E-state index contributed by atoms with van der Waals surface area (Å²) < 4.78 is 22.4. The van der Waals surface area contributed by atoms with Gasteiger partial charge >= 0.3 is 6.09 Å². The first-order valence-corrected chi connectivity index (χ1v) is 13.1. The Labute approximate surface area is 224 Å². The zero-order valence-electron chi connectivity index (χ0n) is 21.9. The van der Waals surface area contributed by atoms with E-state index in [-0.39, 0.29) is 18.0 Å². The number of hydrogen-bond donors (Lipinski definition) is 0. The van der Waals surface area contributed by atoms with Crippen LogP contribution < -0.4 is 4.90 Å². The second kappa shape index (κ2) is 9.68. The number of thiazole rings is 1. The molecule has 1 saturated heterocycles. The highest BCUT2D eigenvalue weighted by Gasteiger charge is 2.32. The van der Waals surface area contributed by atoms with Crippen molar-refractivity contribution in [2.45, 2.75) is 46.3 Å². The summed E-state index contributed by atoms with van der Waals surface area (Å²) in [5.41, 5.74) is 1.66. The monoisotopic (exact) mass is 533 g/mol. The van der Waals surface area contributed by atoms with Gasteiger partial charge in [0.15, 0.2) is 10.8 Å². The van der Waals surface area contributed by atoms with Gasteiger partial charge in [0.1, 0.15) is 34.5 Å². The van der Waals surface area contributed by atoms with Crippen molar-refractivity contribution in [3.05, 3.63) is 53.2 Å². The Bertz CT molecular complexity index is 1570. The quantitative estimate of drug-likeness (QED) is 0.352. The van der Waals surface area contributed by atoms with Crippen LogP contribution in [-0.4, -0.2) is 61.8 Å². The Morgan fingerprint density at radius 2 is 1.97 bits per heavy atom. The van der Waals surface area contributed by atoms with E-state index in [2.05, 4.69) is 25.9 Å². The summed E-state index contributed by atoms with van der Waals surface area (Å²) in [6.45, 7) is 10.8. The third-order valence-electron chi connectivity index (χ3n) is 6.37. The van der Waals surface area contributed by atoms with Crippen molar-refractivity contribution in [3.63, 3.8) is 0 Å². The minimum atomic E-state index is -0.576. The molecule has 0 aliphatic carbocycles. The molecule has 1 aromatic carbocycles. The standard InChI is InChI=1S/C27H28FN7O2S/c1-16-13-33(26(36)37-27(3,4)5)10-11-34(16)23-22-19(18-8-6-7-9-20(18)28)14-35(24(22)31-15-30-23)25-32-17(2)21(12-29)38-25/h6-9,14-16H,10-11,13H2,1-5H3/t16-/m0/s1. The van der Waals surface area contributed by atoms with Gasteiger partial charge in [0.05, 0.1) is 11.1 Å². The molecule has 4 aromatic rings. The van der Waals surface area contributed by atoms with Crippen LogP contribution >= 0.6 is 11.3 Å². The van der Waals surface area contributed by atoms with Gasteiger partial charge in [-0.2, -0.15) is 5.26 Å². The third kappa shape index (κ3) is 4.67. The minimum absolute atomic E-state index is 0.0847. The van der Waals surface area contributed by atoms with Crippen LogP contribution in [0.15, 0.2) is 36.8 Å². The van der Waals surface area contributed by atoms with E-state index in [1.165, 1.54) is 23.7 Å². The first kappa shape index (κ1) is 25.6. The molecule has 1 amide bonds. The number of halogens is 1. The van der Waals surface area contributed by atoms with Crippen molar-refractivity contribution < 1.29 is 13.9 Å². The molecule has 0 spiro atoms. The van der Waals surface area contributed by atoms with E-state index in [1.807, 2.05) is 33.9 Å². The number of nitriles is 1. The largest absolute Gasteiger partial charge is 0.444 e. The summed E-state index contributed by atoms with van der Waals surface area (Å²) in [7, 11) is 0. The molecule has 1 fully saturated rings. The number of aromatic nitrogens is 4. The van der Waals surface area contributed by atoms with Gasteiger partial charge in [0.2, 0.25) is 0 Å². The average molecular weight is 534 g/mol. The van der Waals surface area contributed by atoms with E-state index in [9.17, 15) is 10.1 Å². The second-order valence-corrected chi connectivity index (χ2v) is 11.3. The predicted octanol–water partition coefficient (Wildman–Crippen LogP) is 5.31. The van der Waals surface area contributed by atoms with E-state index in [4.69, 9.17) is 4.74 Å². The number of carbonyl (C=O) groups excluding carboxylic acids is 1. The van der Waals surface area contributed by atoms with Crippen molar-refractivity contribution in [2.24, 2.45) is 0 Å². The number of nitrogens with zero attached hydrogens (tertiary/aromatic N) is 7. The van der Waals surface area contributed by atoms with Gasteiger partial charge in [-0.1, -0.05) is 29.5 Å². The smallest absolute Gasteiger partial charge is 0.410 e. The molecule has 0 unspecified atom stereocenters. The van der Waals surface area contributed by atoms with Gasteiger partial charge in [0.25, 0.3) is 0 Å². The van der Waals surface area contributed by atoms with Crippen LogP contribution in [0.5, 0.6) is 0 Å². The second-order valence-electron chi connectivity index (χ2n) is 10.3. The van der Waals surface area contributed by atoms with Gasteiger partial charge in [0, 0.05) is 43.0 Å². The fraction of sp³-hybridized carbons (Fsp3) is 0.370. The normalized spacial score (nSPS) is 16.1. The van der Waals surface area contributed by atoms with Gasteiger partial charge < -0.3 is 14.5 Å². The molecule has 11 heteroatoms. The number of hydrogen-bond acceptors (Lipinski definition) is 8. The molecule has 0 bridgehead atoms. The summed E-state index contributed by atoms with van der Waals surface area (Å²) in [6.07, 6.45) is 2.95. The minimum Gasteiger partial charge on any atom is -0.444 e. The Morgan fingerprint density at radius 3 is 2.63 bits per heavy atom. The fourth-order valence-electron chi connectivity index (χ4n) is 4.65. The number of fused-ring (bicyclic) bond motifs is 1. The fourth-order valence-corrected chi connectivity index (χ4v) is 5.49. The Morgan fingerprint density at radius 1 is 1.21 bits per heavy atom. The summed E-state index contributed by atoms with van der Waals surface area (Å²) in [4.78, 5) is 30.8. The number of rotatable bonds is 3. The SMILES string of the molecule is Cc1nc(-n2cc(-c3ccccc3F)c3c(N4CCN(C(=O)OC(C)(C)C)C[C@@H]4C)ncnc32)sc1C#N. The highest BCUT2D eigenvalue weighted by Crippen LogP contribution is 2.39. The third-order valence-corrected chi connectivity index (χ3v) is 7.43. The number of amides is 1. The van der Waals surface area contributed by atoms with Gasteiger partial charge in [-0.25, -0.2) is 24.1 Å². The molecular weight excluding hydrogens is 505 g/mol. The lowest BCUT2D eigenvalue weighted by Crippen LogP contribution is -2.54. The van der Waals surface area contributed by atoms with Crippen molar-refractivity contribution in [3.8, 4) is 22.3 Å². The summed E-state index contributed by atoms with van der Waals surface area (Å²) in [6, 6.07) is 8.67. The first-order chi connectivity index (χ1) is 18.1. The molecule has 4 heterocycles. The van der Waals surface area contributed by atoms with Crippen LogP contribution in [-0.2, 0) is 4.74 Å². The van der Waals surface area contributed by atoms with Crippen LogP contribution in [0.3, 0.4) is 0 Å². The lowest BCUT2D eigenvalue weighted by Gasteiger charge is -2.41. The maximum Gasteiger partial charge on any atom is 0.410 e. The molecule has 196 valence electrons. The highest BCUT2D eigenvalue weighted by atomic mass is 32.1. The van der Waals surface area contributed by atoms with Crippen molar-refractivity contribution in [1.29, 1.82) is 5.26 Å². The summed E-state index contributed by atoms with van der Waals surface area (Å²) in [5.74, 6) is 0.286. The maximum atomic E-state index is 15.1. The molecule has 0 N–H and O–H groups in total. The lowest BCUT2D eigenvalue weighted by molar-refractivity contribution is 0.0218. The van der Waals surface area contributed by atoms with Gasteiger partial charge in [-0.15, -0.1) is 0 Å². The van der Waals surface area contributed by atoms with Crippen molar-refractivity contribution >= 4 is 34.3 Å². The van der Waals surface area contributed by atoms with Crippen molar-refractivity contribution in [2.75, 3.05) is 24.5 Å². The van der Waals surface area contributed by atoms with Crippen LogP contribution in [0.1, 0.15) is 38.3 Å². The molecule has 0 radical (unpaired) electrons. The molecule has 0 saturated carbocycles. The number of carbonyl (C=O) groups is 1. The molecule has 5 rings (SSSR count). The van der Waals surface area contributed by atoms with E-state index < -0.39 is 5.60 Å². The molecule has 38 heavy (non-hydrogen) atoms. The Kier molecular flexibility index (Phi) is 6.53. The molecular formula is C27H28FN7O2S. The highest BCUT2D eigenvalue weighted by molar-refractivity contribution is 7.14. The van der Waals surface area contributed by atoms with E-state index in [0.29, 0.717) is 63.3 Å².